The van der Waals surface area contributed by atoms with Crippen molar-refractivity contribution in [2.24, 2.45) is 0 Å². The van der Waals surface area contributed by atoms with Gasteiger partial charge in [-0.2, -0.15) is 0 Å². The molecule has 29 heavy (non-hydrogen) atoms. The summed E-state index contributed by atoms with van der Waals surface area (Å²) in [5, 5.41) is 11.0. The Morgan fingerprint density at radius 2 is 2.07 bits per heavy atom. The van der Waals surface area contributed by atoms with Crippen LogP contribution in [0.1, 0.15) is 34.8 Å². The zero-order valence-electron chi connectivity index (χ0n) is 16.7. The smallest absolute Gasteiger partial charge is 0.339 e. The number of morpholine rings is 1. The summed E-state index contributed by atoms with van der Waals surface area (Å²) in [6.07, 6.45) is 0.923. The monoisotopic (exact) mass is 403 g/mol. The molecule has 0 radical (unpaired) electrons. The molecule has 2 heterocycles. The van der Waals surface area contributed by atoms with Crippen molar-refractivity contribution in [1.82, 2.24) is 4.90 Å². The van der Waals surface area contributed by atoms with Gasteiger partial charge in [0.2, 0.25) is 0 Å². The van der Waals surface area contributed by atoms with Crippen LogP contribution in [-0.4, -0.2) is 61.5 Å². The average molecular weight is 403 g/mol. The minimum absolute atomic E-state index is 0.0205. The summed E-state index contributed by atoms with van der Waals surface area (Å²) in [5.41, 5.74) is 0.280. The van der Waals surface area contributed by atoms with Crippen LogP contribution in [-0.2, 0) is 16.0 Å². The third kappa shape index (κ3) is 4.65. The first-order chi connectivity index (χ1) is 13.9. The van der Waals surface area contributed by atoms with Gasteiger partial charge in [0, 0.05) is 37.0 Å². The fourth-order valence-corrected chi connectivity index (χ4v) is 3.43. The van der Waals surface area contributed by atoms with Gasteiger partial charge in [0.05, 0.1) is 13.2 Å². The third-order valence-electron chi connectivity index (χ3n) is 5.16. The van der Waals surface area contributed by atoms with E-state index >= 15 is 0 Å². The molecule has 1 aliphatic rings. The zero-order chi connectivity index (χ0) is 21.0. The molecule has 1 aliphatic heterocycles. The quantitative estimate of drug-likeness (QED) is 0.526. The summed E-state index contributed by atoms with van der Waals surface area (Å²) in [6, 6.07) is 1.58. The van der Waals surface area contributed by atoms with E-state index in [1.807, 2.05) is 0 Å². The SMILES string of the molecule is CC(=O)CCc1c(C)c2cc(OCCN3CCOCC3)c(O)c(C=O)c2oc1=O. The van der Waals surface area contributed by atoms with Gasteiger partial charge in [0.15, 0.2) is 23.4 Å². The molecule has 1 saturated heterocycles. The van der Waals surface area contributed by atoms with Gasteiger partial charge < -0.3 is 23.8 Å². The molecule has 1 aromatic carbocycles. The van der Waals surface area contributed by atoms with Crippen molar-refractivity contribution in [3.63, 3.8) is 0 Å². The highest BCUT2D eigenvalue weighted by Gasteiger charge is 2.21. The Morgan fingerprint density at radius 1 is 1.34 bits per heavy atom. The van der Waals surface area contributed by atoms with E-state index < -0.39 is 5.63 Å². The maximum atomic E-state index is 12.4. The lowest BCUT2D eigenvalue weighted by atomic mass is 9.99. The van der Waals surface area contributed by atoms with Gasteiger partial charge in [0.25, 0.3) is 0 Å². The number of carbonyl (C=O) groups excluding carboxylic acids is 2. The maximum Gasteiger partial charge on any atom is 0.339 e. The van der Waals surface area contributed by atoms with Crippen molar-refractivity contribution in [3.05, 3.63) is 33.2 Å². The minimum atomic E-state index is -0.611. The van der Waals surface area contributed by atoms with Crippen LogP contribution in [0, 0.1) is 6.92 Å². The molecule has 3 rings (SSSR count). The van der Waals surface area contributed by atoms with Crippen LogP contribution in [0.4, 0.5) is 0 Å². The zero-order valence-corrected chi connectivity index (χ0v) is 16.7. The fourth-order valence-electron chi connectivity index (χ4n) is 3.43. The van der Waals surface area contributed by atoms with E-state index in [-0.39, 0.29) is 41.3 Å². The molecule has 1 fully saturated rings. The topological polar surface area (TPSA) is 106 Å². The molecule has 0 atom stereocenters. The number of aromatic hydroxyl groups is 1. The number of rotatable bonds is 8. The Kier molecular flexibility index (Phi) is 6.66. The van der Waals surface area contributed by atoms with Crippen molar-refractivity contribution in [2.45, 2.75) is 26.7 Å². The normalized spacial score (nSPS) is 14.8. The number of nitrogens with zero attached hydrogens (tertiary/aromatic N) is 1. The van der Waals surface area contributed by atoms with Gasteiger partial charge in [-0.05, 0) is 31.9 Å². The largest absolute Gasteiger partial charge is 0.504 e. The van der Waals surface area contributed by atoms with Crippen molar-refractivity contribution >= 4 is 23.0 Å². The lowest BCUT2D eigenvalue weighted by Gasteiger charge is -2.26. The number of Topliss-reactive ketones (excluding diaryl/α,β-unsaturated/α-hetero) is 1. The van der Waals surface area contributed by atoms with Crippen LogP contribution in [0.25, 0.3) is 11.0 Å². The number of aldehydes is 1. The molecule has 0 spiro atoms. The van der Waals surface area contributed by atoms with Gasteiger partial charge in [0.1, 0.15) is 18.0 Å². The lowest BCUT2D eigenvalue weighted by Crippen LogP contribution is -2.38. The number of benzene rings is 1. The van der Waals surface area contributed by atoms with Crippen LogP contribution in [0.15, 0.2) is 15.3 Å². The number of phenols is 1. The molecule has 0 amide bonds. The number of fused-ring (bicyclic) bond motifs is 1. The third-order valence-corrected chi connectivity index (χ3v) is 5.16. The van der Waals surface area contributed by atoms with Crippen molar-refractivity contribution in [2.75, 3.05) is 39.5 Å². The van der Waals surface area contributed by atoms with Gasteiger partial charge in [-0.15, -0.1) is 0 Å². The Hall–Kier alpha value is -2.71. The Balaban J connectivity index is 1.93. The van der Waals surface area contributed by atoms with Gasteiger partial charge in [-0.25, -0.2) is 4.79 Å². The summed E-state index contributed by atoms with van der Waals surface area (Å²) in [6.45, 7) is 7.16. The first-order valence-corrected chi connectivity index (χ1v) is 9.62. The van der Waals surface area contributed by atoms with Crippen LogP contribution in [0.3, 0.4) is 0 Å². The molecule has 0 unspecified atom stereocenters. The Labute approximate surface area is 168 Å². The van der Waals surface area contributed by atoms with Gasteiger partial charge >= 0.3 is 5.63 Å². The molecule has 2 aromatic rings. The van der Waals surface area contributed by atoms with Crippen molar-refractivity contribution in [3.8, 4) is 11.5 Å². The van der Waals surface area contributed by atoms with Crippen LogP contribution >= 0.6 is 0 Å². The van der Waals surface area contributed by atoms with Crippen LogP contribution in [0.5, 0.6) is 11.5 Å². The fraction of sp³-hybridized carbons (Fsp3) is 0.476. The van der Waals surface area contributed by atoms with E-state index in [1.54, 1.807) is 13.0 Å². The molecular formula is C21H25NO7. The summed E-state index contributed by atoms with van der Waals surface area (Å²) in [7, 11) is 0. The summed E-state index contributed by atoms with van der Waals surface area (Å²) < 4.78 is 16.4. The summed E-state index contributed by atoms with van der Waals surface area (Å²) in [4.78, 5) is 37.4. The van der Waals surface area contributed by atoms with Crippen molar-refractivity contribution in [1.29, 1.82) is 0 Å². The molecule has 156 valence electrons. The number of ketones is 1. The predicted molar refractivity (Wildman–Crippen MR) is 106 cm³/mol. The first-order valence-electron chi connectivity index (χ1n) is 9.62. The average Bonchev–Trinajstić information content (AvgIpc) is 2.69. The van der Waals surface area contributed by atoms with Crippen molar-refractivity contribution < 1.29 is 28.6 Å². The van der Waals surface area contributed by atoms with Crippen LogP contribution < -0.4 is 10.4 Å². The number of carbonyl (C=O) groups is 2. The van der Waals surface area contributed by atoms with Gasteiger partial charge in [-0.1, -0.05) is 0 Å². The lowest BCUT2D eigenvalue weighted by molar-refractivity contribution is -0.116. The highest BCUT2D eigenvalue weighted by atomic mass is 16.5. The standard InChI is InChI=1S/C21H25NO7/c1-13(24)3-4-15-14(2)16-11-18(28-10-7-22-5-8-27-9-6-22)19(25)17(12-23)20(16)29-21(15)26/h11-12,25H,3-10H2,1-2H3. The number of aryl methyl sites for hydroxylation is 1. The number of hydrogen-bond acceptors (Lipinski definition) is 8. The number of ether oxygens (including phenoxy) is 2. The first kappa shape index (κ1) is 21.0. The molecule has 8 nitrogen and oxygen atoms in total. The summed E-state index contributed by atoms with van der Waals surface area (Å²) >= 11 is 0. The van der Waals surface area contributed by atoms with E-state index in [0.29, 0.717) is 49.2 Å². The molecule has 0 saturated carbocycles. The molecule has 0 aliphatic carbocycles. The van der Waals surface area contributed by atoms with E-state index in [0.717, 1.165) is 13.1 Å². The predicted octanol–water partition coefficient (Wildman–Crippen LogP) is 1.85. The second-order valence-electron chi connectivity index (χ2n) is 7.13. The second kappa shape index (κ2) is 9.19. The molecule has 1 aromatic heterocycles. The van der Waals surface area contributed by atoms with Gasteiger partial charge in [-0.3, -0.25) is 9.69 Å². The Morgan fingerprint density at radius 3 is 2.72 bits per heavy atom. The molecule has 1 N–H and O–H groups in total. The molecule has 8 heteroatoms. The molecular weight excluding hydrogens is 378 g/mol. The van der Waals surface area contributed by atoms with E-state index in [1.165, 1.54) is 6.92 Å². The Bertz CT molecular complexity index is 973. The summed E-state index contributed by atoms with van der Waals surface area (Å²) in [5.74, 6) is -0.230. The van der Waals surface area contributed by atoms with E-state index in [2.05, 4.69) is 4.90 Å². The highest BCUT2D eigenvalue weighted by Crippen LogP contribution is 2.37. The van der Waals surface area contributed by atoms with E-state index in [4.69, 9.17) is 13.9 Å². The maximum absolute atomic E-state index is 12.4. The number of hydrogen-bond donors (Lipinski definition) is 1. The second-order valence-corrected chi connectivity index (χ2v) is 7.13. The van der Waals surface area contributed by atoms with Crippen LogP contribution in [0.2, 0.25) is 0 Å². The molecule has 0 bridgehead atoms. The van der Waals surface area contributed by atoms with E-state index in [9.17, 15) is 19.5 Å². The minimum Gasteiger partial charge on any atom is -0.504 e. The number of phenolic OH excluding ortho intramolecular Hbond substituents is 1. The highest BCUT2D eigenvalue weighted by molar-refractivity contribution is 6.00.